The Balaban J connectivity index is 1.94. The molecule has 0 spiro atoms. The van der Waals surface area contributed by atoms with Gasteiger partial charge in [-0.2, -0.15) is 18.4 Å². The summed E-state index contributed by atoms with van der Waals surface area (Å²) in [6.45, 7) is -0.458. The molecule has 0 heterocycles. The van der Waals surface area contributed by atoms with E-state index in [2.05, 4.69) is 10.9 Å². The summed E-state index contributed by atoms with van der Waals surface area (Å²) in [5, 5.41) is 8.89. The fraction of sp³-hybridized carbons (Fsp3) is 0.125. The van der Waals surface area contributed by atoms with Crippen molar-refractivity contribution in [1.82, 2.24) is 5.43 Å². The molecule has 0 saturated carbocycles. The van der Waals surface area contributed by atoms with Gasteiger partial charge in [0.15, 0.2) is 6.61 Å². The van der Waals surface area contributed by atoms with Gasteiger partial charge in [-0.3, -0.25) is 15.6 Å². The lowest BCUT2D eigenvalue weighted by Gasteiger charge is -2.15. The van der Waals surface area contributed by atoms with Crippen LogP contribution in [0.25, 0.3) is 0 Å². The van der Waals surface area contributed by atoms with E-state index < -0.39 is 24.3 Å². The summed E-state index contributed by atoms with van der Waals surface area (Å²) in [7, 11) is 0. The van der Waals surface area contributed by atoms with Crippen molar-refractivity contribution >= 4 is 11.6 Å². The van der Waals surface area contributed by atoms with E-state index in [0.717, 1.165) is 6.07 Å². The molecule has 0 aliphatic heterocycles. The Morgan fingerprint density at radius 1 is 1.12 bits per heavy atom. The molecule has 124 valence electrons. The number of anilines is 1. The molecule has 0 radical (unpaired) electrons. The van der Waals surface area contributed by atoms with Crippen LogP contribution in [0.2, 0.25) is 0 Å². The van der Waals surface area contributed by atoms with Crippen LogP contribution in [0.5, 0.6) is 5.75 Å². The number of nitrogens with one attached hydrogen (secondary N) is 2. The third kappa shape index (κ3) is 4.39. The first-order chi connectivity index (χ1) is 11.4. The van der Waals surface area contributed by atoms with Gasteiger partial charge in [-0.15, -0.1) is 0 Å². The number of alkyl halides is 3. The molecule has 2 N–H and O–H groups in total. The lowest BCUT2D eigenvalue weighted by atomic mass is 10.2. The zero-order valence-electron chi connectivity index (χ0n) is 12.2. The van der Waals surface area contributed by atoms with E-state index in [0.29, 0.717) is 0 Å². The molecule has 2 rings (SSSR count). The third-order valence-electron chi connectivity index (χ3n) is 2.94. The van der Waals surface area contributed by atoms with Crippen molar-refractivity contribution in [3.8, 4) is 11.8 Å². The van der Waals surface area contributed by atoms with E-state index in [1.807, 2.05) is 6.07 Å². The van der Waals surface area contributed by atoms with Gasteiger partial charge in [-0.05, 0) is 24.3 Å². The number of nitriles is 1. The number of carbonyl (C=O) groups is 1. The van der Waals surface area contributed by atoms with Crippen LogP contribution in [0.1, 0.15) is 11.1 Å². The Morgan fingerprint density at radius 2 is 1.79 bits per heavy atom. The molecule has 0 bridgehead atoms. The van der Waals surface area contributed by atoms with Crippen LogP contribution in [0.4, 0.5) is 18.9 Å². The second-order valence-electron chi connectivity index (χ2n) is 4.61. The van der Waals surface area contributed by atoms with Crippen LogP contribution in [-0.2, 0) is 11.0 Å². The molecule has 1 amide bonds. The molecule has 5 nitrogen and oxygen atoms in total. The summed E-state index contributed by atoms with van der Waals surface area (Å²) in [4.78, 5) is 11.7. The number of amides is 1. The van der Waals surface area contributed by atoms with E-state index in [1.165, 1.54) is 30.3 Å². The van der Waals surface area contributed by atoms with Crippen LogP contribution in [0, 0.1) is 11.3 Å². The van der Waals surface area contributed by atoms with Crippen LogP contribution < -0.4 is 15.6 Å². The number of ether oxygens (including phenoxy) is 1. The Kier molecular flexibility index (Phi) is 5.27. The van der Waals surface area contributed by atoms with Gasteiger partial charge in [0.2, 0.25) is 0 Å². The van der Waals surface area contributed by atoms with Crippen molar-refractivity contribution in [2.24, 2.45) is 0 Å². The standard InChI is InChI=1S/C16H12F3N3O2/c17-16(18,19)12-6-2-3-7-13(12)21-22-15(23)10-24-14-8-4-1-5-11(14)9-20/h1-8,21H,10H2,(H,22,23). The van der Waals surface area contributed by atoms with Gasteiger partial charge < -0.3 is 4.74 Å². The number of benzene rings is 2. The highest BCUT2D eigenvalue weighted by Gasteiger charge is 2.33. The quantitative estimate of drug-likeness (QED) is 0.824. The van der Waals surface area contributed by atoms with E-state index >= 15 is 0 Å². The highest BCUT2D eigenvalue weighted by molar-refractivity contribution is 5.79. The Labute approximate surface area is 135 Å². The molecule has 0 atom stereocenters. The van der Waals surface area contributed by atoms with Crippen molar-refractivity contribution in [2.45, 2.75) is 6.18 Å². The Bertz CT molecular complexity index is 770. The van der Waals surface area contributed by atoms with E-state index in [4.69, 9.17) is 10.00 Å². The molecule has 0 aromatic heterocycles. The minimum atomic E-state index is -4.55. The number of hydrogen-bond acceptors (Lipinski definition) is 4. The molecule has 0 aliphatic carbocycles. The van der Waals surface area contributed by atoms with Crippen LogP contribution in [0.3, 0.4) is 0 Å². The van der Waals surface area contributed by atoms with Gasteiger partial charge in [0.1, 0.15) is 11.8 Å². The van der Waals surface area contributed by atoms with Crippen molar-refractivity contribution < 1.29 is 22.7 Å². The zero-order valence-corrected chi connectivity index (χ0v) is 12.2. The van der Waals surface area contributed by atoms with Gasteiger partial charge in [0, 0.05) is 0 Å². The molecule has 8 heteroatoms. The lowest BCUT2D eigenvalue weighted by Crippen LogP contribution is -2.34. The van der Waals surface area contributed by atoms with Crippen LogP contribution in [-0.4, -0.2) is 12.5 Å². The topological polar surface area (TPSA) is 74.1 Å². The monoisotopic (exact) mass is 335 g/mol. The number of carbonyl (C=O) groups excluding carboxylic acids is 1. The average Bonchev–Trinajstić information content (AvgIpc) is 2.57. The molecular formula is C16H12F3N3O2. The number of nitrogens with zero attached hydrogens (tertiary/aromatic N) is 1. The normalized spacial score (nSPS) is 10.6. The number of halogens is 3. The molecule has 0 unspecified atom stereocenters. The van der Waals surface area contributed by atoms with Gasteiger partial charge in [0.05, 0.1) is 16.8 Å². The number of para-hydroxylation sites is 2. The summed E-state index contributed by atoms with van der Waals surface area (Å²) in [5.41, 5.74) is 3.41. The van der Waals surface area contributed by atoms with Crippen molar-refractivity contribution in [3.63, 3.8) is 0 Å². The molecule has 2 aromatic carbocycles. The Hall–Kier alpha value is -3.21. The first-order valence-electron chi connectivity index (χ1n) is 6.75. The predicted octanol–water partition coefficient (Wildman–Crippen LogP) is 3.10. The van der Waals surface area contributed by atoms with E-state index in [1.54, 1.807) is 12.1 Å². The summed E-state index contributed by atoms with van der Waals surface area (Å²) in [6, 6.07) is 12.9. The fourth-order valence-corrected chi connectivity index (χ4v) is 1.84. The maximum Gasteiger partial charge on any atom is 0.418 e. The smallest absolute Gasteiger partial charge is 0.418 e. The SMILES string of the molecule is N#Cc1ccccc1OCC(=O)NNc1ccccc1C(F)(F)F. The van der Waals surface area contributed by atoms with Crippen molar-refractivity contribution in [3.05, 3.63) is 59.7 Å². The fourth-order valence-electron chi connectivity index (χ4n) is 1.84. The van der Waals surface area contributed by atoms with E-state index in [9.17, 15) is 18.0 Å². The van der Waals surface area contributed by atoms with Gasteiger partial charge in [-0.25, -0.2) is 0 Å². The third-order valence-corrected chi connectivity index (χ3v) is 2.94. The molecule has 2 aromatic rings. The summed E-state index contributed by atoms with van der Waals surface area (Å²) in [6.07, 6.45) is -4.55. The van der Waals surface area contributed by atoms with Gasteiger partial charge >= 0.3 is 6.18 Å². The molecule has 0 fully saturated rings. The van der Waals surface area contributed by atoms with Crippen LogP contribution in [0.15, 0.2) is 48.5 Å². The first kappa shape index (κ1) is 17.1. The van der Waals surface area contributed by atoms with Crippen LogP contribution >= 0.6 is 0 Å². The molecular weight excluding hydrogens is 323 g/mol. The maximum absolute atomic E-state index is 12.8. The molecule has 0 saturated heterocycles. The maximum atomic E-state index is 12.8. The summed E-state index contributed by atoms with van der Waals surface area (Å²) < 4.78 is 43.6. The second kappa shape index (κ2) is 7.37. The molecule has 0 aliphatic rings. The lowest BCUT2D eigenvalue weighted by molar-refractivity contribution is -0.137. The highest BCUT2D eigenvalue weighted by Crippen LogP contribution is 2.34. The second-order valence-corrected chi connectivity index (χ2v) is 4.61. The molecule has 24 heavy (non-hydrogen) atoms. The Morgan fingerprint density at radius 3 is 2.50 bits per heavy atom. The minimum Gasteiger partial charge on any atom is -0.482 e. The van der Waals surface area contributed by atoms with Gasteiger partial charge in [0.25, 0.3) is 5.91 Å². The van der Waals surface area contributed by atoms with Gasteiger partial charge in [-0.1, -0.05) is 24.3 Å². The predicted molar refractivity (Wildman–Crippen MR) is 79.9 cm³/mol. The zero-order chi connectivity index (χ0) is 17.6. The minimum absolute atomic E-state index is 0.214. The summed E-state index contributed by atoms with van der Waals surface area (Å²) in [5.74, 6) is -0.481. The number of rotatable bonds is 5. The largest absolute Gasteiger partial charge is 0.482 e. The van der Waals surface area contributed by atoms with Crippen molar-refractivity contribution in [2.75, 3.05) is 12.0 Å². The van der Waals surface area contributed by atoms with Crippen molar-refractivity contribution in [1.29, 1.82) is 5.26 Å². The average molecular weight is 335 g/mol. The first-order valence-corrected chi connectivity index (χ1v) is 6.75. The number of hydrogen-bond donors (Lipinski definition) is 2. The summed E-state index contributed by atoms with van der Waals surface area (Å²) >= 11 is 0. The highest BCUT2D eigenvalue weighted by atomic mass is 19.4. The van der Waals surface area contributed by atoms with E-state index in [-0.39, 0.29) is 17.0 Å². The number of hydrazine groups is 1.